The van der Waals surface area contributed by atoms with Gasteiger partial charge >= 0.3 is 0 Å². The summed E-state index contributed by atoms with van der Waals surface area (Å²) in [6.45, 7) is 8.47. The van der Waals surface area contributed by atoms with Gasteiger partial charge in [-0.15, -0.1) is 0 Å². The standard InChI is InChI=1S/C21H26FN3O2/c1-4-23-21(24-10-16-6-5-14(2)7-15(16)3)25-11-17-8-19(22)9-18-12-26-13-27-20(17)18/h5-9H,4,10-13H2,1-3H3,(H2,23,24,25). The number of nitrogens with zero attached hydrogens (tertiary/aromatic N) is 1. The SMILES string of the molecule is CCNC(=NCc1cc(F)cc2c1OCOC2)NCc1ccc(C)cc1C. The Morgan fingerprint density at radius 1 is 1.15 bits per heavy atom. The highest BCUT2D eigenvalue weighted by Gasteiger charge is 2.16. The van der Waals surface area contributed by atoms with Gasteiger partial charge in [-0.2, -0.15) is 0 Å². The highest BCUT2D eigenvalue weighted by Crippen LogP contribution is 2.29. The number of ether oxygens (including phenoxy) is 2. The molecule has 27 heavy (non-hydrogen) atoms. The van der Waals surface area contributed by atoms with Crippen LogP contribution in [0.2, 0.25) is 0 Å². The average Bonchev–Trinajstić information content (AvgIpc) is 2.64. The van der Waals surface area contributed by atoms with Crippen LogP contribution >= 0.6 is 0 Å². The number of fused-ring (bicyclic) bond motifs is 1. The van der Waals surface area contributed by atoms with Gasteiger partial charge in [0, 0.05) is 24.2 Å². The Bertz CT molecular complexity index is 836. The van der Waals surface area contributed by atoms with E-state index in [1.165, 1.54) is 28.8 Å². The maximum absolute atomic E-state index is 13.9. The zero-order chi connectivity index (χ0) is 19.2. The van der Waals surface area contributed by atoms with E-state index in [-0.39, 0.29) is 12.6 Å². The molecule has 1 aliphatic heterocycles. The second-order valence-corrected chi connectivity index (χ2v) is 6.64. The number of hydrogen-bond acceptors (Lipinski definition) is 3. The van der Waals surface area contributed by atoms with E-state index in [0.29, 0.717) is 31.4 Å². The summed E-state index contributed by atoms with van der Waals surface area (Å²) >= 11 is 0. The van der Waals surface area contributed by atoms with Crippen molar-refractivity contribution in [2.75, 3.05) is 13.3 Å². The molecule has 0 aliphatic carbocycles. The highest BCUT2D eigenvalue weighted by atomic mass is 19.1. The summed E-state index contributed by atoms with van der Waals surface area (Å²) in [6, 6.07) is 9.32. The molecule has 0 saturated carbocycles. The van der Waals surface area contributed by atoms with Crippen molar-refractivity contribution in [2.45, 2.75) is 40.5 Å². The molecule has 1 aliphatic rings. The van der Waals surface area contributed by atoms with E-state index in [0.717, 1.165) is 17.7 Å². The first kappa shape index (κ1) is 19.2. The summed E-state index contributed by atoms with van der Waals surface area (Å²) in [5.74, 6) is 1.06. The Balaban J connectivity index is 1.73. The molecule has 144 valence electrons. The number of aryl methyl sites for hydroxylation is 2. The van der Waals surface area contributed by atoms with Gasteiger partial charge in [-0.25, -0.2) is 9.38 Å². The molecule has 2 N–H and O–H groups in total. The van der Waals surface area contributed by atoms with Crippen molar-refractivity contribution in [3.8, 4) is 5.75 Å². The third-order valence-electron chi connectivity index (χ3n) is 4.45. The largest absolute Gasteiger partial charge is 0.467 e. The predicted molar refractivity (Wildman–Crippen MR) is 104 cm³/mol. The van der Waals surface area contributed by atoms with E-state index < -0.39 is 0 Å². The van der Waals surface area contributed by atoms with Crippen LogP contribution in [0.4, 0.5) is 4.39 Å². The molecule has 5 nitrogen and oxygen atoms in total. The fraction of sp³-hybridized carbons (Fsp3) is 0.381. The van der Waals surface area contributed by atoms with Crippen LogP contribution in [0.3, 0.4) is 0 Å². The molecule has 0 bridgehead atoms. The Hall–Kier alpha value is -2.60. The minimum absolute atomic E-state index is 0.181. The van der Waals surface area contributed by atoms with Crippen LogP contribution < -0.4 is 15.4 Å². The van der Waals surface area contributed by atoms with Gasteiger partial charge in [-0.3, -0.25) is 0 Å². The fourth-order valence-electron chi connectivity index (χ4n) is 3.10. The van der Waals surface area contributed by atoms with Crippen molar-refractivity contribution in [1.82, 2.24) is 10.6 Å². The molecule has 2 aromatic carbocycles. The van der Waals surface area contributed by atoms with Crippen LogP contribution in [-0.2, 0) is 24.4 Å². The molecule has 0 saturated heterocycles. The molecule has 0 radical (unpaired) electrons. The molecule has 1 heterocycles. The summed E-state index contributed by atoms with van der Waals surface area (Å²) in [7, 11) is 0. The van der Waals surface area contributed by atoms with Gasteiger partial charge in [0.15, 0.2) is 12.8 Å². The number of rotatable bonds is 5. The second kappa shape index (κ2) is 8.86. The first-order chi connectivity index (χ1) is 13.1. The molecule has 3 rings (SSSR count). The third kappa shape index (κ3) is 4.98. The van der Waals surface area contributed by atoms with E-state index in [1.54, 1.807) is 0 Å². The Morgan fingerprint density at radius 3 is 2.78 bits per heavy atom. The van der Waals surface area contributed by atoms with E-state index in [1.807, 2.05) is 6.92 Å². The number of benzene rings is 2. The maximum atomic E-state index is 13.9. The van der Waals surface area contributed by atoms with Crippen LogP contribution in [0.25, 0.3) is 0 Å². The summed E-state index contributed by atoms with van der Waals surface area (Å²) < 4.78 is 24.7. The topological polar surface area (TPSA) is 54.9 Å². The van der Waals surface area contributed by atoms with Crippen molar-refractivity contribution in [2.24, 2.45) is 4.99 Å². The van der Waals surface area contributed by atoms with Crippen LogP contribution in [0.15, 0.2) is 35.3 Å². The van der Waals surface area contributed by atoms with Crippen molar-refractivity contribution >= 4 is 5.96 Å². The van der Waals surface area contributed by atoms with Gasteiger partial charge in [-0.05, 0) is 44.0 Å². The molecule has 0 fully saturated rings. The number of hydrogen-bond donors (Lipinski definition) is 2. The normalized spacial score (nSPS) is 13.7. The quantitative estimate of drug-likeness (QED) is 0.623. The lowest BCUT2D eigenvalue weighted by molar-refractivity contribution is -0.0172. The van der Waals surface area contributed by atoms with Gasteiger partial charge in [0.25, 0.3) is 0 Å². The summed E-state index contributed by atoms with van der Waals surface area (Å²) in [6.07, 6.45) is 0. The van der Waals surface area contributed by atoms with Crippen molar-refractivity contribution in [1.29, 1.82) is 0 Å². The molecule has 0 amide bonds. The van der Waals surface area contributed by atoms with Crippen molar-refractivity contribution < 1.29 is 13.9 Å². The number of aliphatic imine (C=N–C) groups is 1. The van der Waals surface area contributed by atoms with Crippen LogP contribution in [0.1, 0.15) is 34.7 Å². The van der Waals surface area contributed by atoms with Crippen LogP contribution in [-0.4, -0.2) is 19.3 Å². The third-order valence-corrected chi connectivity index (χ3v) is 4.45. The molecular formula is C21H26FN3O2. The lowest BCUT2D eigenvalue weighted by Gasteiger charge is -2.20. The first-order valence-corrected chi connectivity index (χ1v) is 9.17. The second-order valence-electron chi connectivity index (χ2n) is 6.64. The Kier molecular flexibility index (Phi) is 6.29. The Morgan fingerprint density at radius 2 is 2.00 bits per heavy atom. The van der Waals surface area contributed by atoms with Gasteiger partial charge in [0.1, 0.15) is 11.6 Å². The monoisotopic (exact) mass is 371 g/mol. The molecule has 6 heteroatoms. The number of nitrogens with one attached hydrogen (secondary N) is 2. The number of guanidine groups is 1. The van der Waals surface area contributed by atoms with E-state index in [9.17, 15) is 4.39 Å². The first-order valence-electron chi connectivity index (χ1n) is 9.17. The predicted octanol–water partition coefficient (Wildman–Crippen LogP) is 3.56. The van der Waals surface area contributed by atoms with E-state index >= 15 is 0 Å². The van der Waals surface area contributed by atoms with Crippen molar-refractivity contribution in [3.05, 3.63) is 64.0 Å². The van der Waals surface area contributed by atoms with Gasteiger partial charge in [0.2, 0.25) is 0 Å². The average molecular weight is 371 g/mol. The highest BCUT2D eigenvalue weighted by molar-refractivity contribution is 5.79. The van der Waals surface area contributed by atoms with Gasteiger partial charge in [-0.1, -0.05) is 23.8 Å². The molecule has 0 atom stereocenters. The molecule has 2 aromatic rings. The molecule has 0 unspecified atom stereocenters. The number of halogens is 1. The smallest absolute Gasteiger partial charge is 0.191 e. The maximum Gasteiger partial charge on any atom is 0.191 e. The fourth-order valence-corrected chi connectivity index (χ4v) is 3.10. The van der Waals surface area contributed by atoms with E-state index in [2.05, 4.69) is 47.7 Å². The van der Waals surface area contributed by atoms with Crippen molar-refractivity contribution in [3.63, 3.8) is 0 Å². The van der Waals surface area contributed by atoms with Crippen LogP contribution in [0, 0.1) is 19.7 Å². The van der Waals surface area contributed by atoms with E-state index in [4.69, 9.17) is 9.47 Å². The summed E-state index contributed by atoms with van der Waals surface area (Å²) in [5, 5.41) is 6.57. The molecular weight excluding hydrogens is 345 g/mol. The van der Waals surface area contributed by atoms with Gasteiger partial charge < -0.3 is 20.1 Å². The molecule has 0 spiro atoms. The lowest BCUT2D eigenvalue weighted by atomic mass is 10.1. The molecule has 0 aromatic heterocycles. The Labute approximate surface area is 159 Å². The summed E-state index contributed by atoms with van der Waals surface area (Å²) in [4.78, 5) is 4.60. The minimum atomic E-state index is -0.304. The lowest BCUT2D eigenvalue weighted by Crippen LogP contribution is -2.37. The minimum Gasteiger partial charge on any atom is -0.467 e. The van der Waals surface area contributed by atoms with Gasteiger partial charge in [0.05, 0.1) is 13.2 Å². The van der Waals surface area contributed by atoms with Crippen LogP contribution in [0.5, 0.6) is 5.75 Å². The zero-order valence-electron chi connectivity index (χ0n) is 16.1. The zero-order valence-corrected chi connectivity index (χ0v) is 16.1. The summed E-state index contributed by atoms with van der Waals surface area (Å²) in [5.41, 5.74) is 5.15.